The lowest BCUT2D eigenvalue weighted by molar-refractivity contribution is -0.132. The van der Waals surface area contributed by atoms with Crippen molar-refractivity contribution >= 4 is 30.1 Å². The summed E-state index contributed by atoms with van der Waals surface area (Å²) in [5, 5.41) is 3.74. The second-order valence-corrected chi connectivity index (χ2v) is 8.03. The van der Waals surface area contributed by atoms with Gasteiger partial charge in [0.1, 0.15) is 0 Å². The number of hydrogen-bond donors (Lipinski definition) is 1. The molecule has 1 aromatic rings. The van der Waals surface area contributed by atoms with E-state index in [0.717, 1.165) is 25.4 Å². The van der Waals surface area contributed by atoms with E-state index >= 15 is 0 Å². The summed E-state index contributed by atoms with van der Waals surface area (Å²) in [7, 11) is 0. The van der Waals surface area contributed by atoms with Crippen LogP contribution in [0.4, 0.5) is 0 Å². The minimum absolute atomic E-state index is 0. The van der Waals surface area contributed by atoms with Gasteiger partial charge >= 0.3 is 0 Å². The highest BCUT2D eigenvalue weighted by Gasteiger charge is 2.35. The van der Waals surface area contributed by atoms with E-state index in [1.54, 1.807) is 11.8 Å². The van der Waals surface area contributed by atoms with Crippen molar-refractivity contribution in [3.63, 3.8) is 0 Å². The number of halogens is 1. The fourth-order valence-electron chi connectivity index (χ4n) is 4.16. The SMILES string of the molecule is Cl.O=C(C1Cc2ccccc2S1)N1CCC(C2CCCN2)CC1. The fraction of sp³-hybridized carbons (Fsp3) is 0.611. The summed E-state index contributed by atoms with van der Waals surface area (Å²) in [4.78, 5) is 16.2. The number of amides is 1. The normalized spacial score (nSPS) is 27.6. The first-order valence-electron chi connectivity index (χ1n) is 8.58. The number of nitrogens with one attached hydrogen (secondary N) is 1. The number of rotatable bonds is 2. The summed E-state index contributed by atoms with van der Waals surface area (Å²) in [5.41, 5.74) is 1.34. The third-order valence-electron chi connectivity index (χ3n) is 5.44. The maximum absolute atomic E-state index is 12.8. The van der Waals surface area contributed by atoms with Crippen LogP contribution in [0.5, 0.6) is 0 Å². The van der Waals surface area contributed by atoms with Crippen molar-refractivity contribution < 1.29 is 4.79 Å². The molecular formula is C18H25ClN2OS. The van der Waals surface area contributed by atoms with Crippen LogP contribution in [0.1, 0.15) is 31.2 Å². The molecule has 0 aromatic heterocycles. The lowest BCUT2D eigenvalue weighted by atomic mass is 9.88. The summed E-state index contributed by atoms with van der Waals surface area (Å²) in [5.74, 6) is 1.14. The molecule has 1 aromatic carbocycles. The van der Waals surface area contributed by atoms with Crippen molar-refractivity contribution in [2.75, 3.05) is 19.6 Å². The van der Waals surface area contributed by atoms with Crippen LogP contribution < -0.4 is 5.32 Å². The van der Waals surface area contributed by atoms with E-state index in [1.807, 2.05) is 0 Å². The molecule has 3 aliphatic heterocycles. The number of piperidine rings is 1. The summed E-state index contributed by atoms with van der Waals surface area (Å²) in [6, 6.07) is 9.16. The number of carbonyl (C=O) groups excluding carboxylic acids is 1. The molecule has 3 nitrogen and oxygen atoms in total. The lowest BCUT2D eigenvalue weighted by Gasteiger charge is -2.36. The van der Waals surface area contributed by atoms with E-state index < -0.39 is 0 Å². The van der Waals surface area contributed by atoms with Crippen LogP contribution in [0.25, 0.3) is 0 Å². The first-order chi connectivity index (χ1) is 10.8. The number of hydrogen-bond acceptors (Lipinski definition) is 3. The Morgan fingerprint density at radius 3 is 2.65 bits per heavy atom. The monoisotopic (exact) mass is 352 g/mol. The predicted octanol–water partition coefficient (Wildman–Crippen LogP) is 3.12. The van der Waals surface area contributed by atoms with Gasteiger partial charge in [-0.2, -0.15) is 0 Å². The van der Waals surface area contributed by atoms with Crippen LogP contribution in [0.2, 0.25) is 0 Å². The zero-order chi connectivity index (χ0) is 14.9. The van der Waals surface area contributed by atoms with Crippen molar-refractivity contribution in [2.24, 2.45) is 5.92 Å². The minimum atomic E-state index is 0. The van der Waals surface area contributed by atoms with Gasteiger partial charge in [0.25, 0.3) is 0 Å². The van der Waals surface area contributed by atoms with E-state index in [4.69, 9.17) is 0 Å². The van der Waals surface area contributed by atoms with Crippen LogP contribution in [0.15, 0.2) is 29.2 Å². The molecule has 3 heterocycles. The topological polar surface area (TPSA) is 32.3 Å². The van der Waals surface area contributed by atoms with Crippen molar-refractivity contribution in [1.29, 1.82) is 0 Å². The van der Waals surface area contributed by atoms with Gasteiger partial charge in [-0.3, -0.25) is 4.79 Å². The van der Waals surface area contributed by atoms with E-state index in [9.17, 15) is 4.79 Å². The Bertz CT molecular complexity index is 529. The Morgan fingerprint density at radius 2 is 1.96 bits per heavy atom. The van der Waals surface area contributed by atoms with Gasteiger partial charge in [0.05, 0.1) is 5.25 Å². The van der Waals surface area contributed by atoms with Crippen molar-refractivity contribution in [3.05, 3.63) is 29.8 Å². The first kappa shape index (κ1) is 17.1. The quantitative estimate of drug-likeness (QED) is 0.887. The first-order valence-corrected chi connectivity index (χ1v) is 9.46. The molecule has 23 heavy (non-hydrogen) atoms. The van der Waals surface area contributed by atoms with E-state index in [1.165, 1.54) is 42.7 Å². The third kappa shape index (κ3) is 3.54. The molecule has 0 aliphatic carbocycles. The molecule has 1 N–H and O–H groups in total. The largest absolute Gasteiger partial charge is 0.342 e. The lowest BCUT2D eigenvalue weighted by Crippen LogP contribution is -2.46. The summed E-state index contributed by atoms with van der Waals surface area (Å²) in [6.07, 6.45) is 5.90. The van der Waals surface area contributed by atoms with Gasteiger partial charge in [-0.05, 0) is 56.2 Å². The van der Waals surface area contributed by atoms with Crippen LogP contribution in [0.3, 0.4) is 0 Å². The molecule has 0 radical (unpaired) electrons. The molecule has 126 valence electrons. The molecule has 2 atom stereocenters. The molecule has 2 saturated heterocycles. The van der Waals surface area contributed by atoms with Crippen LogP contribution in [-0.4, -0.2) is 41.7 Å². The van der Waals surface area contributed by atoms with E-state index in [2.05, 4.69) is 34.5 Å². The van der Waals surface area contributed by atoms with Gasteiger partial charge in [0.15, 0.2) is 0 Å². The van der Waals surface area contributed by atoms with Gasteiger partial charge < -0.3 is 10.2 Å². The highest BCUT2D eigenvalue weighted by atomic mass is 35.5. The Labute approximate surface area is 149 Å². The molecular weight excluding hydrogens is 328 g/mol. The second-order valence-electron chi connectivity index (χ2n) is 6.78. The van der Waals surface area contributed by atoms with Crippen LogP contribution in [0, 0.1) is 5.92 Å². The van der Waals surface area contributed by atoms with Gasteiger partial charge in [0, 0.05) is 24.0 Å². The molecule has 5 heteroatoms. The third-order valence-corrected chi connectivity index (χ3v) is 6.75. The summed E-state index contributed by atoms with van der Waals surface area (Å²) in [6.45, 7) is 3.09. The molecule has 4 rings (SSSR count). The van der Waals surface area contributed by atoms with Crippen molar-refractivity contribution in [1.82, 2.24) is 10.2 Å². The number of benzene rings is 1. The van der Waals surface area contributed by atoms with Crippen LogP contribution in [-0.2, 0) is 11.2 Å². The molecule has 1 amide bonds. The summed E-state index contributed by atoms with van der Waals surface area (Å²) < 4.78 is 0. The van der Waals surface area contributed by atoms with Crippen LogP contribution >= 0.6 is 24.2 Å². The fourth-order valence-corrected chi connectivity index (χ4v) is 5.44. The number of thioether (sulfide) groups is 1. The smallest absolute Gasteiger partial charge is 0.236 e. The Morgan fingerprint density at radius 1 is 1.17 bits per heavy atom. The van der Waals surface area contributed by atoms with E-state index in [0.29, 0.717) is 11.9 Å². The van der Waals surface area contributed by atoms with Crippen molar-refractivity contribution in [2.45, 2.75) is 48.3 Å². The summed E-state index contributed by atoms with van der Waals surface area (Å²) >= 11 is 1.76. The number of fused-ring (bicyclic) bond motifs is 1. The molecule has 0 spiro atoms. The molecule has 0 saturated carbocycles. The molecule has 3 aliphatic rings. The molecule has 0 bridgehead atoms. The molecule has 2 unspecified atom stereocenters. The maximum atomic E-state index is 12.8. The zero-order valence-electron chi connectivity index (χ0n) is 13.4. The van der Waals surface area contributed by atoms with E-state index in [-0.39, 0.29) is 17.7 Å². The number of nitrogens with zero attached hydrogens (tertiary/aromatic N) is 1. The minimum Gasteiger partial charge on any atom is -0.342 e. The Balaban J connectivity index is 0.00000156. The average molecular weight is 353 g/mol. The van der Waals surface area contributed by atoms with Gasteiger partial charge in [-0.25, -0.2) is 0 Å². The van der Waals surface area contributed by atoms with Gasteiger partial charge in [0.2, 0.25) is 5.91 Å². The number of likely N-dealkylation sites (tertiary alicyclic amines) is 1. The highest BCUT2D eigenvalue weighted by molar-refractivity contribution is 8.01. The predicted molar refractivity (Wildman–Crippen MR) is 97.4 cm³/mol. The van der Waals surface area contributed by atoms with Crippen molar-refractivity contribution in [3.8, 4) is 0 Å². The standard InChI is InChI=1S/C18H24N2OS.ClH/c21-18(17-12-14-4-1-2-6-16(14)22-17)20-10-7-13(8-11-20)15-5-3-9-19-15;/h1-2,4,6,13,15,17,19H,3,5,7-12H2;1H. The second kappa shape index (κ2) is 7.45. The number of carbonyl (C=O) groups is 1. The maximum Gasteiger partial charge on any atom is 0.236 e. The van der Waals surface area contributed by atoms with Gasteiger partial charge in [-0.1, -0.05) is 18.2 Å². The highest BCUT2D eigenvalue weighted by Crippen LogP contribution is 2.38. The average Bonchev–Trinajstić information content (AvgIpc) is 3.23. The zero-order valence-corrected chi connectivity index (χ0v) is 15.0. The Hall–Kier alpha value is -0.710. The Kier molecular flexibility index (Phi) is 5.55. The molecule has 2 fully saturated rings. The van der Waals surface area contributed by atoms with Gasteiger partial charge in [-0.15, -0.1) is 24.2 Å².